The van der Waals surface area contributed by atoms with Gasteiger partial charge in [-0.25, -0.2) is 4.79 Å². The fraction of sp³-hybridized carbons (Fsp3) is 0.250. The van der Waals surface area contributed by atoms with Crippen LogP contribution < -0.4 is 10.6 Å². The first-order chi connectivity index (χ1) is 12.9. The zero-order chi connectivity index (χ0) is 19.8. The predicted molar refractivity (Wildman–Crippen MR) is 116 cm³/mol. The van der Waals surface area contributed by atoms with Crippen molar-refractivity contribution in [2.45, 2.75) is 25.2 Å². The van der Waals surface area contributed by atoms with Crippen molar-refractivity contribution >= 4 is 46.6 Å². The number of aryl methyl sites for hydroxylation is 1. The summed E-state index contributed by atoms with van der Waals surface area (Å²) >= 11 is 6.92. The highest BCUT2D eigenvalue weighted by Gasteiger charge is 2.13. The van der Waals surface area contributed by atoms with E-state index < -0.39 is 6.09 Å². The van der Waals surface area contributed by atoms with E-state index in [1.54, 1.807) is 11.8 Å². The monoisotopic (exact) mass is 401 g/mol. The van der Waals surface area contributed by atoms with Crippen molar-refractivity contribution in [3.63, 3.8) is 0 Å². The molecule has 2 rings (SSSR count). The van der Waals surface area contributed by atoms with Gasteiger partial charge in [0.1, 0.15) is 0 Å². The minimum atomic E-state index is -0.640. The maximum Gasteiger partial charge on any atom is 0.413 e. The van der Waals surface area contributed by atoms with Crippen LogP contribution in [0.3, 0.4) is 0 Å². The Bertz CT molecular complexity index is 836. The lowest BCUT2D eigenvalue weighted by Crippen LogP contribution is -2.34. The van der Waals surface area contributed by atoms with Crippen LogP contribution in [0.2, 0.25) is 0 Å². The van der Waals surface area contributed by atoms with Crippen molar-refractivity contribution in [3.05, 3.63) is 59.2 Å². The number of thioether (sulfide) groups is 1. The Morgan fingerprint density at radius 3 is 2.56 bits per heavy atom. The molecule has 0 heterocycles. The lowest BCUT2D eigenvalue weighted by molar-refractivity contribution is 0.177. The smallest absolute Gasteiger partial charge is 0.413 e. The molecule has 7 heteroatoms. The SMILES string of the molecule is CCCSc1ccc(C(=N)c2ccc(C)cc2)c(NC(=S)NC(=O)OC)c1. The molecule has 0 unspecified atom stereocenters. The summed E-state index contributed by atoms with van der Waals surface area (Å²) < 4.78 is 4.57. The molecule has 0 bridgehead atoms. The van der Waals surface area contributed by atoms with Crippen LogP contribution in [0.15, 0.2) is 47.4 Å². The van der Waals surface area contributed by atoms with Gasteiger partial charge in [0.15, 0.2) is 5.11 Å². The van der Waals surface area contributed by atoms with Gasteiger partial charge in [-0.05, 0) is 49.5 Å². The molecule has 0 aliphatic rings. The van der Waals surface area contributed by atoms with Crippen molar-refractivity contribution in [2.75, 3.05) is 18.2 Å². The van der Waals surface area contributed by atoms with Crippen LogP contribution >= 0.6 is 24.0 Å². The van der Waals surface area contributed by atoms with E-state index in [-0.39, 0.29) is 5.11 Å². The number of hydrogen-bond acceptors (Lipinski definition) is 5. The fourth-order valence-electron chi connectivity index (χ4n) is 2.33. The highest BCUT2D eigenvalue weighted by Crippen LogP contribution is 2.27. The second kappa shape index (κ2) is 10.1. The van der Waals surface area contributed by atoms with E-state index in [9.17, 15) is 4.79 Å². The van der Waals surface area contributed by atoms with Gasteiger partial charge in [0.05, 0.1) is 18.5 Å². The van der Waals surface area contributed by atoms with E-state index >= 15 is 0 Å². The first-order valence-corrected chi connectivity index (χ1v) is 9.92. The van der Waals surface area contributed by atoms with Crippen molar-refractivity contribution in [2.24, 2.45) is 0 Å². The van der Waals surface area contributed by atoms with Crippen LogP contribution in [0.5, 0.6) is 0 Å². The Morgan fingerprint density at radius 1 is 1.22 bits per heavy atom. The predicted octanol–water partition coefficient (Wildman–Crippen LogP) is 4.97. The van der Waals surface area contributed by atoms with E-state index in [0.29, 0.717) is 17.0 Å². The molecule has 142 valence electrons. The maximum absolute atomic E-state index is 11.4. The normalized spacial score (nSPS) is 10.2. The van der Waals surface area contributed by atoms with Crippen molar-refractivity contribution < 1.29 is 9.53 Å². The highest BCUT2D eigenvalue weighted by molar-refractivity contribution is 7.99. The topological polar surface area (TPSA) is 74.2 Å². The number of ether oxygens (including phenoxy) is 1. The molecule has 2 aromatic rings. The summed E-state index contributed by atoms with van der Waals surface area (Å²) in [6, 6.07) is 13.7. The third-order valence-corrected chi connectivity index (χ3v) is 5.13. The van der Waals surface area contributed by atoms with Gasteiger partial charge < -0.3 is 10.1 Å². The van der Waals surface area contributed by atoms with Crippen molar-refractivity contribution in [1.29, 1.82) is 5.41 Å². The fourth-order valence-corrected chi connectivity index (χ4v) is 3.33. The molecular weight excluding hydrogens is 378 g/mol. The summed E-state index contributed by atoms with van der Waals surface area (Å²) in [5.74, 6) is 0.999. The van der Waals surface area contributed by atoms with E-state index in [1.165, 1.54) is 7.11 Å². The first kappa shape index (κ1) is 20.9. The van der Waals surface area contributed by atoms with E-state index in [0.717, 1.165) is 28.2 Å². The number of benzene rings is 2. The summed E-state index contributed by atoms with van der Waals surface area (Å²) in [5, 5.41) is 14.2. The van der Waals surface area contributed by atoms with Gasteiger partial charge in [0, 0.05) is 16.0 Å². The summed E-state index contributed by atoms with van der Waals surface area (Å²) in [5.41, 5.74) is 3.70. The second-order valence-corrected chi connectivity index (χ2v) is 7.44. The van der Waals surface area contributed by atoms with Crippen LogP contribution in [-0.2, 0) is 4.74 Å². The second-order valence-electron chi connectivity index (χ2n) is 5.87. The number of amides is 1. The molecule has 3 N–H and O–H groups in total. The van der Waals surface area contributed by atoms with Gasteiger partial charge in [-0.3, -0.25) is 10.7 Å². The number of nitrogens with one attached hydrogen (secondary N) is 3. The number of rotatable bonds is 6. The van der Waals surface area contributed by atoms with Crippen LogP contribution in [0, 0.1) is 12.3 Å². The van der Waals surface area contributed by atoms with E-state index in [1.807, 2.05) is 49.4 Å². The zero-order valence-corrected chi connectivity index (χ0v) is 17.2. The molecule has 2 aromatic carbocycles. The Hall–Kier alpha value is -2.38. The van der Waals surface area contributed by atoms with E-state index in [4.69, 9.17) is 17.6 Å². The minimum Gasteiger partial charge on any atom is -0.453 e. The molecule has 5 nitrogen and oxygen atoms in total. The Morgan fingerprint density at radius 2 is 1.93 bits per heavy atom. The van der Waals surface area contributed by atoms with Crippen molar-refractivity contribution in [3.8, 4) is 0 Å². The Kier molecular flexibility index (Phi) is 7.82. The number of thiocarbonyl (C=S) groups is 1. The molecule has 0 atom stereocenters. The molecule has 27 heavy (non-hydrogen) atoms. The van der Waals surface area contributed by atoms with Gasteiger partial charge in [-0.1, -0.05) is 36.8 Å². The Balaban J connectivity index is 2.33. The molecule has 1 amide bonds. The molecule has 0 fully saturated rings. The Labute approximate surface area is 169 Å². The maximum atomic E-state index is 11.4. The molecular formula is C20H23N3O2S2. The summed E-state index contributed by atoms with van der Waals surface area (Å²) in [7, 11) is 1.28. The highest BCUT2D eigenvalue weighted by atomic mass is 32.2. The lowest BCUT2D eigenvalue weighted by atomic mass is 10.00. The third kappa shape index (κ3) is 6.08. The van der Waals surface area contributed by atoms with Crippen LogP contribution in [-0.4, -0.2) is 29.8 Å². The molecule has 0 aliphatic heterocycles. The average Bonchev–Trinajstić information content (AvgIpc) is 2.66. The number of anilines is 1. The molecule has 0 radical (unpaired) electrons. The number of carbonyl (C=O) groups excluding carboxylic acids is 1. The largest absolute Gasteiger partial charge is 0.453 e. The van der Waals surface area contributed by atoms with Crippen LogP contribution in [0.25, 0.3) is 0 Å². The molecule has 0 saturated heterocycles. The standard InChI is InChI=1S/C20H23N3O2S2/c1-4-11-27-15-9-10-16(18(21)14-7-5-13(2)6-8-14)17(12-15)22-19(26)23-20(24)25-3/h5-10,12,21H,4,11H2,1-3H3,(H2,22,23,24,26). The van der Waals surface area contributed by atoms with Gasteiger partial charge in [-0.2, -0.15) is 0 Å². The average molecular weight is 402 g/mol. The number of hydrogen-bond donors (Lipinski definition) is 3. The summed E-state index contributed by atoms with van der Waals surface area (Å²) in [6.07, 6.45) is 0.426. The van der Waals surface area contributed by atoms with Crippen LogP contribution in [0.4, 0.5) is 10.5 Å². The third-order valence-electron chi connectivity index (χ3n) is 3.72. The molecule has 0 aliphatic carbocycles. The molecule has 0 saturated carbocycles. The summed E-state index contributed by atoms with van der Waals surface area (Å²) in [4.78, 5) is 12.5. The quantitative estimate of drug-likeness (QED) is 0.362. The van der Waals surface area contributed by atoms with Gasteiger partial charge in [0.25, 0.3) is 0 Å². The minimum absolute atomic E-state index is 0.123. The first-order valence-electron chi connectivity index (χ1n) is 8.53. The number of methoxy groups -OCH3 is 1. The molecule has 0 spiro atoms. The summed E-state index contributed by atoms with van der Waals surface area (Å²) in [6.45, 7) is 4.14. The number of carbonyl (C=O) groups is 1. The zero-order valence-electron chi connectivity index (χ0n) is 15.6. The van der Waals surface area contributed by atoms with Crippen molar-refractivity contribution in [1.82, 2.24) is 5.32 Å². The van der Waals surface area contributed by atoms with Gasteiger partial charge >= 0.3 is 6.09 Å². The molecule has 0 aromatic heterocycles. The van der Waals surface area contributed by atoms with Gasteiger partial charge in [0.2, 0.25) is 0 Å². The van der Waals surface area contributed by atoms with Crippen LogP contribution in [0.1, 0.15) is 30.0 Å². The lowest BCUT2D eigenvalue weighted by Gasteiger charge is -2.16. The number of alkyl carbamates (subject to hydrolysis) is 1. The van der Waals surface area contributed by atoms with Gasteiger partial charge in [-0.15, -0.1) is 11.8 Å². The van der Waals surface area contributed by atoms with E-state index in [2.05, 4.69) is 22.3 Å².